The summed E-state index contributed by atoms with van der Waals surface area (Å²) in [6.45, 7) is 6.30. The van der Waals surface area contributed by atoms with Crippen molar-refractivity contribution < 1.29 is 4.79 Å². The SMILES string of the molecule is CC(C)CC(C)C(Nc1cccc(Cl)c1)C(N)=O. The lowest BCUT2D eigenvalue weighted by molar-refractivity contribution is -0.119. The summed E-state index contributed by atoms with van der Waals surface area (Å²) in [7, 11) is 0. The summed E-state index contributed by atoms with van der Waals surface area (Å²) < 4.78 is 0. The summed E-state index contributed by atoms with van der Waals surface area (Å²) in [5, 5.41) is 3.80. The maximum atomic E-state index is 11.5. The maximum absolute atomic E-state index is 11.5. The number of hydrogen-bond acceptors (Lipinski definition) is 2. The van der Waals surface area contributed by atoms with E-state index in [0.29, 0.717) is 10.9 Å². The zero-order valence-electron chi connectivity index (χ0n) is 11.1. The highest BCUT2D eigenvalue weighted by Crippen LogP contribution is 2.21. The standard InChI is InChI=1S/C14H21ClN2O/c1-9(2)7-10(3)13(14(16)18)17-12-6-4-5-11(15)8-12/h4-6,8-10,13,17H,7H2,1-3H3,(H2,16,18). The third-order valence-electron chi connectivity index (χ3n) is 2.87. The van der Waals surface area contributed by atoms with Gasteiger partial charge in [0.15, 0.2) is 0 Å². The van der Waals surface area contributed by atoms with E-state index in [1.807, 2.05) is 19.1 Å². The van der Waals surface area contributed by atoms with Crippen molar-refractivity contribution in [3.8, 4) is 0 Å². The van der Waals surface area contributed by atoms with Crippen molar-refractivity contribution in [1.82, 2.24) is 0 Å². The van der Waals surface area contributed by atoms with Crippen LogP contribution in [0.15, 0.2) is 24.3 Å². The first-order chi connectivity index (χ1) is 8.40. The molecule has 0 aliphatic carbocycles. The van der Waals surface area contributed by atoms with Gasteiger partial charge in [0.1, 0.15) is 6.04 Å². The first-order valence-electron chi connectivity index (χ1n) is 6.21. The summed E-state index contributed by atoms with van der Waals surface area (Å²) in [5.74, 6) is 0.382. The van der Waals surface area contributed by atoms with E-state index in [9.17, 15) is 4.79 Å². The second-order valence-corrected chi connectivity index (χ2v) is 5.58. The Morgan fingerprint density at radius 3 is 2.56 bits per heavy atom. The van der Waals surface area contributed by atoms with Crippen LogP contribution in [0, 0.1) is 11.8 Å². The molecule has 1 aromatic carbocycles. The molecular formula is C14H21ClN2O. The summed E-state index contributed by atoms with van der Waals surface area (Å²) in [6.07, 6.45) is 0.946. The molecule has 3 N–H and O–H groups in total. The van der Waals surface area contributed by atoms with E-state index in [1.54, 1.807) is 12.1 Å². The Balaban J connectivity index is 2.77. The van der Waals surface area contributed by atoms with Crippen LogP contribution >= 0.6 is 11.6 Å². The Labute approximate surface area is 114 Å². The van der Waals surface area contributed by atoms with Crippen LogP contribution in [0.4, 0.5) is 5.69 Å². The predicted octanol–water partition coefficient (Wildman–Crippen LogP) is 3.29. The first-order valence-corrected chi connectivity index (χ1v) is 6.59. The Morgan fingerprint density at radius 1 is 1.39 bits per heavy atom. The second-order valence-electron chi connectivity index (χ2n) is 5.14. The Bertz CT molecular complexity index is 407. The highest BCUT2D eigenvalue weighted by molar-refractivity contribution is 6.30. The molecule has 18 heavy (non-hydrogen) atoms. The second kappa shape index (κ2) is 6.64. The van der Waals surface area contributed by atoms with E-state index < -0.39 is 0 Å². The number of carbonyl (C=O) groups excluding carboxylic acids is 1. The Kier molecular flexibility index (Phi) is 5.48. The molecule has 0 saturated heterocycles. The summed E-state index contributed by atoms with van der Waals surface area (Å²) in [5.41, 5.74) is 6.29. The molecule has 0 aliphatic heterocycles. The average Bonchev–Trinajstić information content (AvgIpc) is 2.24. The number of primary amides is 1. The summed E-state index contributed by atoms with van der Waals surface area (Å²) in [4.78, 5) is 11.5. The molecule has 100 valence electrons. The normalized spacial score (nSPS) is 14.3. The van der Waals surface area contributed by atoms with Crippen LogP contribution in [0.5, 0.6) is 0 Å². The van der Waals surface area contributed by atoms with Gasteiger partial charge in [-0.25, -0.2) is 0 Å². The van der Waals surface area contributed by atoms with Crippen molar-refractivity contribution in [3.05, 3.63) is 29.3 Å². The van der Waals surface area contributed by atoms with Gasteiger partial charge >= 0.3 is 0 Å². The predicted molar refractivity (Wildman–Crippen MR) is 76.7 cm³/mol. The summed E-state index contributed by atoms with van der Waals surface area (Å²) >= 11 is 5.92. The molecule has 1 aromatic rings. The molecule has 0 heterocycles. The fourth-order valence-electron chi connectivity index (χ4n) is 2.13. The number of nitrogens with one attached hydrogen (secondary N) is 1. The molecule has 0 radical (unpaired) electrons. The third-order valence-corrected chi connectivity index (χ3v) is 3.10. The van der Waals surface area contributed by atoms with Crippen LogP contribution in [0.2, 0.25) is 5.02 Å². The monoisotopic (exact) mass is 268 g/mol. The van der Waals surface area contributed by atoms with Crippen LogP contribution in [0.3, 0.4) is 0 Å². The molecule has 4 heteroatoms. The minimum absolute atomic E-state index is 0.182. The van der Waals surface area contributed by atoms with Crippen LogP contribution < -0.4 is 11.1 Å². The van der Waals surface area contributed by atoms with Crippen molar-refractivity contribution in [3.63, 3.8) is 0 Å². The van der Waals surface area contributed by atoms with Gasteiger partial charge in [-0.05, 0) is 36.5 Å². The number of rotatable bonds is 6. The van der Waals surface area contributed by atoms with Crippen LogP contribution in [-0.2, 0) is 4.79 Å². The number of amides is 1. The van der Waals surface area contributed by atoms with Gasteiger partial charge in [0, 0.05) is 10.7 Å². The molecule has 2 atom stereocenters. The molecule has 0 bridgehead atoms. The van der Waals surface area contributed by atoms with E-state index >= 15 is 0 Å². The molecular weight excluding hydrogens is 248 g/mol. The zero-order valence-corrected chi connectivity index (χ0v) is 11.9. The molecule has 0 saturated carbocycles. The van der Waals surface area contributed by atoms with Gasteiger partial charge in [0.05, 0.1) is 0 Å². The lowest BCUT2D eigenvalue weighted by atomic mass is 9.91. The molecule has 0 aromatic heterocycles. The number of carbonyl (C=O) groups is 1. The Morgan fingerprint density at radius 2 is 2.06 bits per heavy atom. The zero-order chi connectivity index (χ0) is 13.7. The van der Waals surface area contributed by atoms with Crippen LogP contribution in [-0.4, -0.2) is 11.9 Å². The van der Waals surface area contributed by atoms with Gasteiger partial charge < -0.3 is 11.1 Å². The fourth-order valence-corrected chi connectivity index (χ4v) is 2.32. The van der Waals surface area contributed by atoms with Gasteiger partial charge in [-0.1, -0.05) is 38.4 Å². The molecule has 0 fully saturated rings. The van der Waals surface area contributed by atoms with E-state index in [2.05, 4.69) is 19.2 Å². The van der Waals surface area contributed by atoms with Crippen LogP contribution in [0.1, 0.15) is 27.2 Å². The molecule has 1 rings (SSSR count). The molecule has 2 unspecified atom stereocenters. The lowest BCUT2D eigenvalue weighted by Gasteiger charge is -2.24. The Hall–Kier alpha value is -1.22. The van der Waals surface area contributed by atoms with E-state index in [4.69, 9.17) is 17.3 Å². The average molecular weight is 269 g/mol. The first kappa shape index (κ1) is 14.8. The molecule has 3 nitrogen and oxygen atoms in total. The van der Waals surface area contributed by atoms with Gasteiger partial charge in [0.2, 0.25) is 5.91 Å². The topological polar surface area (TPSA) is 55.1 Å². The van der Waals surface area contributed by atoms with Crippen LogP contribution in [0.25, 0.3) is 0 Å². The van der Waals surface area contributed by atoms with Gasteiger partial charge in [-0.2, -0.15) is 0 Å². The third kappa shape index (κ3) is 4.57. The van der Waals surface area contributed by atoms with Crippen molar-refractivity contribution >= 4 is 23.2 Å². The van der Waals surface area contributed by atoms with Crippen molar-refractivity contribution in [2.24, 2.45) is 17.6 Å². The number of nitrogens with two attached hydrogens (primary N) is 1. The van der Waals surface area contributed by atoms with Crippen molar-refractivity contribution in [1.29, 1.82) is 0 Å². The smallest absolute Gasteiger partial charge is 0.240 e. The fraction of sp³-hybridized carbons (Fsp3) is 0.500. The molecule has 1 amide bonds. The maximum Gasteiger partial charge on any atom is 0.240 e. The number of hydrogen-bond donors (Lipinski definition) is 2. The quantitative estimate of drug-likeness (QED) is 0.832. The lowest BCUT2D eigenvalue weighted by Crippen LogP contribution is -2.41. The van der Waals surface area contributed by atoms with Crippen molar-refractivity contribution in [2.75, 3.05) is 5.32 Å². The highest BCUT2D eigenvalue weighted by atomic mass is 35.5. The summed E-state index contributed by atoms with van der Waals surface area (Å²) in [6, 6.07) is 6.94. The van der Waals surface area contributed by atoms with Gasteiger partial charge in [0.25, 0.3) is 0 Å². The number of anilines is 1. The van der Waals surface area contributed by atoms with E-state index in [0.717, 1.165) is 12.1 Å². The van der Waals surface area contributed by atoms with E-state index in [1.165, 1.54) is 0 Å². The minimum atomic E-state index is -0.370. The largest absolute Gasteiger partial charge is 0.373 e. The highest BCUT2D eigenvalue weighted by Gasteiger charge is 2.23. The van der Waals surface area contributed by atoms with Gasteiger partial charge in [-0.3, -0.25) is 4.79 Å². The number of benzene rings is 1. The molecule has 0 aliphatic rings. The van der Waals surface area contributed by atoms with E-state index in [-0.39, 0.29) is 17.9 Å². The molecule has 0 spiro atoms. The van der Waals surface area contributed by atoms with Crippen molar-refractivity contribution in [2.45, 2.75) is 33.2 Å². The number of halogens is 1. The minimum Gasteiger partial charge on any atom is -0.373 e. The van der Waals surface area contributed by atoms with Gasteiger partial charge in [-0.15, -0.1) is 0 Å².